The number of rotatable bonds is 12. The van der Waals surface area contributed by atoms with E-state index in [-0.39, 0.29) is 6.42 Å². The van der Waals surface area contributed by atoms with Crippen molar-refractivity contribution < 1.29 is 19.8 Å². The van der Waals surface area contributed by atoms with E-state index in [9.17, 15) is 9.59 Å². The maximum atomic E-state index is 11.0. The molecule has 0 aromatic carbocycles. The number of hydrogen-bond donors (Lipinski definition) is 2. The van der Waals surface area contributed by atoms with Gasteiger partial charge in [-0.15, -0.1) is 11.8 Å². The van der Waals surface area contributed by atoms with Crippen LogP contribution >= 0.6 is 11.8 Å². The average molecular weight is 355 g/mol. The highest BCUT2D eigenvalue weighted by Crippen LogP contribution is 2.17. The zero-order valence-electron chi connectivity index (χ0n) is 15.2. The van der Waals surface area contributed by atoms with E-state index in [0.717, 1.165) is 37.4 Å². The summed E-state index contributed by atoms with van der Waals surface area (Å²) in [5.41, 5.74) is 3.94. The number of thioether (sulfide) groups is 1. The molecule has 0 aromatic heterocycles. The lowest BCUT2D eigenvalue weighted by Gasteiger charge is -2.08. The highest BCUT2D eigenvalue weighted by Gasteiger charge is 2.20. The summed E-state index contributed by atoms with van der Waals surface area (Å²) in [4.78, 5) is 21.6. The van der Waals surface area contributed by atoms with Crippen LogP contribution in [0.25, 0.3) is 0 Å². The van der Waals surface area contributed by atoms with Crippen LogP contribution in [0.4, 0.5) is 0 Å². The molecule has 136 valence electrons. The molecule has 0 aliphatic heterocycles. The SMILES string of the molecule is CC(C)=CCCC(C)=CCCC(C)=CCS[C@@H](CC(=O)O)C(=O)O. The van der Waals surface area contributed by atoms with Crippen molar-refractivity contribution in [2.24, 2.45) is 0 Å². The van der Waals surface area contributed by atoms with E-state index >= 15 is 0 Å². The molecular formula is C19H30O4S. The maximum absolute atomic E-state index is 11.0. The first-order chi connectivity index (χ1) is 11.2. The molecule has 0 amide bonds. The zero-order valence-corrected chi connectivity index (χ0v) is 16.0. The average Bonchev–Trinajstić information content (AvgIpc) is 2.45. The molecule has 0 aromatic rings. The molecule has 4 nitrogen and oxygen atoms in total. The predicted molar refractivity (Wildman–Crippen MR) is 102 cm³/mol. The fourth-order valence-corrected chi connectivity index (χ4v) is 3.04. The van der Waals surface area contributed by atoms with Crippen molar-refractivity contribution in [3.8, 4) is 0 Å². The number of carbonyl (C=O) groups is 2. The highest BCUT2D eigenvalue weighted by atomic mass is 32.2. The van der Waals surface area contributed by atoms with Crippen molar-refractivity contribution >= 4 is 23.7 Å². The van der Waals surface area contributed by atoms with Crippen molar-refractivity contribution in [2.45, 2.75) is 65.0 Å². The van der Waals surface area contributed by atoms with Gasteiger partial charge in [-0.2, -0.15) is 0 Å². The van der Waals surface area contributed by atoms with Gasteiger partial charge < -0.3 is 10.2 Å². The van der Waals surface area contributed by atoms with Crippen molar-refractivity contribution in [3.63, 3.8) is 0 Å². The molecule has 0 rings (SSSR count). The number of aliphatic carboxylic acids is 2. The van der Waals surface area contributed by atoms with Crippen LogP contribution in [0.2, 0.25) is 0 Å². The van der Waals surface area contributed by atoms with E-state index in [4.69, 9.17) is 10.2 Å². The summed E-state index contributed by atoms with van der Waals surface area (Å²) < 4.78 is 0. The first-order valence-corrected chi connectivity index (χ1v) is 9.28. The van der Waals surface area contributed by atoms with Crippen LogP contribution in [0, 0.1) is 0 Å². The lowest BCUT2D eigenvalue weighted by atomic mass is 10.1. The Morgan fingerprint density at radius 2 is 1.46 bits per heavy atom. The molecule has 0 heterocycles. The van der Waals surface area contributed by atoms with E-state index in [0.29, 0.717) is 5.75 Å². The minimum Gasteiger partial charge on any atom is -0.481 e. The van der Waals surface area contributed by atoms with Gasteiger partial charge in [-0.1, -0.05) is 34.9 Å². The van der Waals surface area contributed by atoms with Gasteiger partial charge in [0.1, 0.15) is 5.25 Å². The molecule has 1 atom stereocenters. The van der Waals surface area contributed by atoms with Crippen LogP contribution in [0.5, 0.6) is 0 Å². The highest BCUT2D eigenvalue weighted by molar-refractivity contribution is 8.00. The van der Waals surface area contributed by atoms with Crippen LogP contribution in [0.3, 0.4) is 0 Å². The van der Waals surface area contributed by atoms with E-state index in [1.807, 2.05) is 13.0 Å². The van der Waals surface area contributed by atoms with E-state index in [1.54, 1.807) is 0 Å². The number of carboxylic acid groups (broad SMARTS) is 2. The molecule has 0 aliphatic carbocycles. The van der Waals surface area contributed by atoms with Crippen molar-refractivity contribution in [2.75, 3.05) is 5.75 Å². The van der Waals surface area contributed by atoms with Gasteiger partial charge in [0, 0.05) is 5.75 Å². The van der Waals surface area contributed by atoms with Gasteiger partial charge >= 0.3 is 11.9 Å². The lowest BCUT2D eigenvalue weighted by Crippen LogP contribution is -2.20. The summed E-state index contributed by atoms with van der Waals surface area (Å²) >= 11 is 1.16. The molecule has 0 saturated heterocycles. The zero-order chi connectivity index (χ0) is 18.5. The standard InChI is InChI=1S/C19H30O4S/c1-14(2)7-5-8-15(3)9-6-10-16(4)11-12-24-17(19(22)23)13-18(20)21/h7,9,11,17H,5-6,8,10,12-13H2,1-4H3,(H,20,21)(H,22,23)/t17-/m0/s1. The van der Waals surface area contributed by atoms with Gasteiger partial charge in [-0.3, -0.25) is 9.59 Å². The van der Waals surface area contributed by atoms with E-state index < -0.39 is 17.2 Å². The molecule has 0 aliphatic rings. The minimum absolute atomic E-state index is 0.347. The Labute approximate surface area is 149 Å². The summed E-state index contributed by atoms with van der Waals surface area (Å²) in [6, 6.07) is 0. The fraction of sp³-hybridized carbons (Fsp3) is 0.579. The third-order valence-corrected chi connectivity index (χ3v) is 4.62. The molecule has 0 spiro atoms. The Kier molecular flexibility index (Phi) is 12.1. The summed E-state index contributed by atoms with van der Waals surface area (Å²) in [5.74, 6) is -1.62. The molecule has 0 saturated carbocycles. The summed E-state index contributed by atoms with van der Waals surface area (Å²) in [7, 11) is 0. The van der Waals surface area contributed by atoms with Crippen molar-refractivity contribution in [1.29, 1.82) is 0 Å². The quantitative estimate of drug-likeness (QED) is 0.479. The predicted octanol–water partition coefficient (Wildman–Crippen LogP) is 5.07. The van der Waals surface area contributed by atoms with Gasteiger partial charge in [0.05, 0.1) is 6.42 Å². The molecule has 5 heteroatoms. The Bertz CT molecular complexity index is 499. The summed E-state index contributed by atoms with van der Waals surface area (Å²) in [5, 5.41) is 16.8. The lowest BCUT2D eigenvalue weighted by molar-refractivity contribution is -0.142. The van der Waals surface area contributed by atoms with Gasteiger partial charge in [-0.25, -0.2) is 0 Å². The number of carboxylic acids is 2. The van der Waals surface area contributed by atoms with Crippen molar-refractivity contribution in [3.05, 3.63) is 34.9 Å². The van der Waals surface area contributed by atoms with Gasteiger partial charge in [0.2, 0.25) is 0 Å². The molecule has 2 N–H and O–H groups in total. The van der Waals surface area contributed by atoms with Crippen LogP contribution in [0.1, 0.15) is 59.8 Å². The largest absolute Gasteiger partial charge is 0.481 e. The Balaban J connectivity index is 4.16. The molecular weight excluding hydrogens is 324 g/mol. The monoisotopic (exact) mass is 354 g/mol. The van der Waals surface area contributed by atoms with Crippen LogP contribution in [-0.2, 0) is 9.59 Å². The van der Waals surface area contributed by atoms with E-state index in [2.05, 4.69) is 32.9 Å². The summed E-state index contributed by atoms with van der Waals surface area (Å²) in [6.45, 7) is 8.39. The molecule has 0 fully saturated rings. The first kappa shape index (κ1) is 22.5. The van der Waals surface area contributed by atoms with E-state index in [1.165, 1.54) is 16.7 Å². The topological polar surface area (TPSA) is 74.6 Å². The number of allylic oxidation sites excluding steroid dienone is 5. The minimum atomic E-state index is -1.08. The van der Waals surface area contributed by atoms with Crippen LogP contribution in [0.15, 0.2) is 34.9 Å². The van der Waals surface area contributed by atoms with Crippen molar-refractivity contribution in [1.82, 2.24) is 0 Å². The molecule has 24 heavy (non-hydrogen) atoms. The maximum Gasteiger partial charge on any atom is 0.317 e. The second kappa shape index (κ2) is 12.9. The Morgan fingerprint density at radius 1 is 0.917 bits per heavy atom. The third-order valence-electron chi connectivity index (χ3n) is 3.49. The molecule has 0 unspecified atom stereocenters. The van der Waals surface area contributed by atoms with Gasteiger partial charge in [0.25, 0.3) is 0 Å². The number of hydrogen-bond acceptors (Lipinski definition) is 3. The van der Waals surface area contributed by atoms with Gasteiger partial charge in [0.15, 0.2) is 0 Å². The second-order valence-corrected chi connectivity index (χ2v) is 7.45. The van der Waals surface area contributed by atoms with Gasteiger partial charge in [-0.05, 0) is 53.4 Å². The third kappa shape index (κ3) is 13.0. The second-order valence-electron chi connectivity index (χ2n) is 6.22. The first-order valence-electron chi connectivity index (χ1n) is 8.23. The Morgan fingerprint density at radius 3 is 1.96 bits per heavy atom. The van der Waals surface area contributed by atoms with Crippen LogP contribution in [-0.4, -0.2) is 33.2 Å². The Hall–Kier alpha value is -1.49. The smallest absolute Gasteiger partial charge is 0.317 e. The van der Waals surface area contributed by atoms with Crippen LogP contribution < -0.4 is 0 Å². The normalized spacial score (nSPS) is 13.5. The summed E-state index contributed by atoms with van der Waals surface area (Å²) in [6.07, 6.45) is 10.2. The fourth-order valence-electron chi connectivity index (χ4n) is 2.02. The molecule has 0 radical (unpaired) electrons. The molecule has 0 bridgehead atoms.